The van der Waals surface area contributed by atoms with Crippen molar-refractivity contribution < 1.29 is 14.3 Å². The fraction of sp³-hybridized carbons (Fsp3) is 0.474. The molecule has 0 fully saturated rings. The molecule has 0 aliphatic rings. The summed E-state index contributed by atoms with van der Waals surface area (Å²) in [5.41, 5.74) is 1.09. The fourth-order valence-corrected chi connectivity index (χ4v) is 2.66. The molecule has 0 aliphatic carbocycles. The number of carbonyl (C=O) groups is 1. The molecule has 1 aromatic carbocycles. The summed E-state index contributed by atoms with van der Waals surface area (Å²) in [6, 6.07) is 9.56. The summed E-state index contributed by atoms with van der Waals surface area (Å²) in [7, 11) is 0. The molecule has 130 valence electrons. The maximum Gasteiger partial charge on any atom is 0.226 e. The van der Waals surface area contributed by atoms with E-state index in [1.54, 1.807) is 0 Å². The van der Waals surface area contributed by atoms with Crippen molar-refractivity contribution in [3.05, 3.63) is 42.3 Å². The molecule has 0 saturated carbocycles. The van der Waals surface area contributed by atoms with Gasteiger partial charge >= 0.3 is 0 Å². The van der Waals surface area contributed by atoms with Gasteiger partial charge in [-0.25, -0.2) is 4.98 Å². The molecular formula is C19H26N2O3. The van der Waals surface area contributed by atoms with Gasteiger partial charge in [-0.05, 0) is 18.1 Å². The van der Waals surface area contributed by atoms with Gasteiger partial charge in [-0.3, -0.25) is 4.79 Å². The van der Waals surface area contributed by atoms with E-state index in [9.17, 15) is 9.90 Å². The van der Waals surface area contributed by atoms with E-state index >= 15 is 0 Å². The molecule has 0 bridgehead atoms. The number of hydrogen-bond acceptors (Lipinski definition) is 4. The Morgan fingerprint density at radius 1 is 1.29 bits per heavy atom. The molecule has 1 heterocycles. The fourth-order valence-electron chi connectivity index (χ4n) is 2.66. The molecule has 1 aromatic heterocycles. The van der Waals surface area contributed by atoms with Crippen LogP contribution < -0.4 is 5.32 Å². The Balaban J connectivity index is 1.90. The van der Waals surface area contributed by atoms with Gasteiger partial charge in [-0.15, -0.1) is 0 Å². The van der Waals surface area contributed by atoms with Crippen molar-refractivity contribution in [3.63, 3.8) is 0 Å². The zero-order valence-corrected chi connectivity index (χ0v) is 14.7. The lowest BCUT2D eigenvalue weighted by atomic mass is 9.80. The smallest absolute Gasteiger partial charge is 0.226 e. The summed E-state index contributed by atoms with van der Waals surface area (Å²) in [6.45, 7) is 8.24. The van der Waals surface area contributed by atoms with Gasteiger partial charge in [0.15, 0.2) is 0 Å². The Morgan fingerprint density at radius 2 is 1.96 bits per heavy atom. The first kappa shape index (κ1) is 18.2. The highest BCUT2D eigenvalue weighted by Gasteiger charge is 2.30. The van der Waals surface area contributed by atoms with E-state index in [0.717, 1.165) is 5.56 Å². The van der Waals surface area contributed by atoms with E-state index < -0.39 is 6.10 Å². The maximum atomic E-state index is 12.1. The SMILES string of the molecule is CC(C)C(O)C(C)(C)CNC(=O)Cc1coc(-c2ccccc2)n1. The summed E-state index contributed by atoms with van der Waals surface area (Å²) < 4.78 is 5.44. The summed E-state index contributed by atoms with van der Waals surface area (Å²) in [5, 5.41) is 13.1. The van der Waals surface area contributed by atoms with Crippen molar-refractivity contribution in [2.24, 2.45) is 11.3 Å². The predicted octanol–water partition coefficient (Wildman–Crippen LogP) is 3.04. The molecule has 0 aliphatic heterocycles. The van der Waals surface area contributed by atoms with Crippen LogP contribution in [0, 0.1) is 11.3 Å². The summed E-state index contributed by atoms with van der Waals surface area (Å²) in [5.74, 6) is 0.516. The third kappa shape index (κ3) is 4.68. The number of hydrogen-bond donors (Lipinski definition) is 2. The first-order valence-electron chi connectivity index (χ1n) is 8.24. The predicted molar refractivity (Wildman–Crippen MR) is 93.3 cm³/mol. The molecule has 2 rings (SSSR count). The van der Waals surface area contributed by atoms with Gasteiger partial charge in [0.1, 0.15) is 6.26 Å². The quantitative estimate of drug-likeness (QED) is 0.818. The van der Waals surface area contributed by atoms with E-state index in [1.165, 1.54) is 6.26 Å². The minimum atomic E-state index is -0.477. The number of benzene rings is 1. The Hall–Kier alpha value is -2.14. The van der Waals surface area contributed by atoms with Crippen molar-refractivity contribution in [2.45, 2.75) is 40.2 Å². The Bertz CT molecular complexity index is 662. The minimum absolute atomic E-state index is 0.132. The second-order valence-electron chi connectivity index (χ2n) is 7.14. The van der Waals surface area contributed by atoms with Crippen molar-refractivity contribution in [1.29, 1.82) is 0 Å². The van der Waals surface area contributed by atoms with Crippen LogP contribution in [0.5, 0.6) is 0 Å². The first-order chi connectivity index (χ1) is 11.3. The van der Waals surface area contributed by atoms with Crippen molar-refractivity contribution in [3.8, 4) is 11.5 Å². The Labute approximate surface area is 143 Å². The monoisotopic (exact) mass is 330 g/mol. The summed E-state index contributed by atoms with van der Waals surface area (Å²) >= 11 is 0. The summed E-state index contributed by atoms with van der Waals surface area (Å²) in [6.07, 6.45) is 1.19. The number of aromatic nitrogens is 1. The molecule has 0 spiro atoms. The number of aliphatic hydroxyl groups excluding tert-OH is 1. The highest BCUT2D eigenvalue weighted by atomic mass is 16.3. The lowest BCUT2D eigenvalue weighted by Crippen LogP contribution is -2.44. The molecule has 5 nitrogen and oxygen atoms in total. The molecule has 0 saturated heterocycles. The molecule has 0 radical (unpaired) electrons. The minimum Gasteiger partial charge on any atom is -0.444 e. The van der Waals surface area contributed by atoms with Crippen LogP contribution in [0.15, 0.2) is 41.0 Å². The Kier molecular flexibility index (Phi) is 5.78. The van der Waals surface area contributed by atoms with Gasteiger partial charge in [0.05, 0.1) is 18.2 Å². The molecule has 5 heteroatoms. The van der Waals surface area contributed by atoms with Crippen molar-refractivity contribution in [2.75, 3.05) is 6.54 Å². The van der Waals surface area contributed by atoms with Crippen LogP contribution in [-0.4, -0.2) is 28.6 Å². The van der Waals surface area contributed by atoms with Gasteiger partial charge in [0.25, 0.3) is 0 Å². The lowest BCUT2D eigenvalue weighted by Gasteiger charge is -2.33. The number of nitrogens with zero attached hydrogens (tertiary/aromatic N) is 1. The largest absolute Gasteiger partial charge is 0.444 e. The maximum absolute atomic E-state index is 12.1. The van der Waals surface area contributed by atoms with Crippen LogP contribution in [0.25, 0.3) is 11.5 Å². The van der Waals surface area contributed by atoms with E-state index in [2.05, 4.69) is 10.3 Å². The van der Waals surface area contributed by atoms with Crippen LogP contribution in [-0.2, 0) is 11.2 Å². The Morgan fingerprint density at radius 3 is 2.58 bits per heavy atom. The number of amides is 1. The average Bonchev–Trinajstić information content (AvgIpc) is 3.01. The molecule has 2 aromatic rings. The van der Waals surface area contributed by atoms with Crippen molar-refractivity contribution >= 4 is 5.91 Å². The van der Waals surface area contributed by atoms with E-state index in [0.29, 0.717) is 18.1 Å². The van der Waals surface area contributed by atoms with Gasteiger partial charge in [0.2, 0.25) is 11.8 Å². The van der Waals surface area contributed by atoms with Crippen LogP contribution >= 0.6 is 0 Å². The van der Waals surface area contributed by atoms with E-state index in [-0.39, 0.29) is 23.7 Å². The molecule has 1 atom stereocenters. The number of aliphatic hydroxyl groups is 1. The third-order valence-electron chi connectivity index (χ3n) is 4.09. The van der Waals surface area contributed by atoms with Gasteiger partial charge in [0, 0.05) is 17.5 Å². The molecule has 2 N–H and O–H groups in total. The molecular weight excluding hydrogens is 304 g/mol. The highest BCUT2D eigenvalue weighted by Crippen LogP contribution is 2.25. The normalized spacial score (nSPS) is 13.1. The standard InChI is InChI=1S/C19H26N2O3/c1-13(2)17(23)19(3,4)12-20-16(22)10-15-11-24-18(21-15)14-8-6-5-7-9-14/h5-9,11,13,17,23H,10,12H2,1-4H3,(H,20,22). The summed E-state index contributed by atoms with van der Waals surface area (Å²) in [4.78, 5) is 16.5. The van der Waals surface area contributed by atoms with Crippen LogP contribution in [0.2, 0.25) is 0 Å². The zero-order chi connectivity index (χ0) is 17.7. The zero-order valence-electron chi connectivity index (χ0n) is 14.7. The van der Waals surface area contributed by atoms with Gasteiger partial charge in [-0.2, -0.15) is 0 Å². The van der Waals surface area contributed by atoms with Gasteiger partial charge < -0.3 is 14.8 Å². The first-order valence-corrected chi connectivity index (χ1v) is 8.24. The second kappa shape index (κ2) is 7.62. The number of nitrogens with one attached hydrogen (secondary N) is 1. The van der Waals surface area contributed by atoms with Gasteiger partial charge in [-0.1, -0.05) is 45.9 Å². The molecule has 1 unspecified atom stereocenters. The average molecular weight is 330 g/mol. The van der Waals surface area contributed by atoms with Crippen molar-refractivity contribution in [1.82, 2.24) is 10.3 Å². The number of carbonyl (C=O) groups excluding carboxylic acids is 1. The van der Waals surface area contributed by atoms with Crippen LogP contribution in [0.1, 0.15) is 33.4 Å². The van der Waals surface area contributed by atoms with Crippen LogP contribution in [0.3, 0.4) is 0 Å². The van der Waals surface area contributed by atoms with E-state index in [4.69, 9.17) is 4.42 Å². The second-order valence-corrected chi connectivity index (χ2v) is 7.14. The third-order valence-corrected chi connectivity index (χ3v) is 4.09. The highest BCUT2D eigenvalue weighted by molar-refractivity contribution is 5.78. The number of rotatable bonds is 7. The van der Waals surface area contributed by atoms with E-state index in [1.807, 2.05) is 58.0 Å². The number of oxazole rings is 1. The van der Waals surface area contributed by atoms with Crippen LogP contribution in [0.4, 0.5) is 0 Å². The molecule has 1 amide bonds. The lowest BCUT2D eigenvalue weighted by molar-refractivity contribution is -0.121. The molecule has 24 heavy (non-hydrogen) atoms. The topological polar surface area (TPSA) is 75.4 Å².